The maximum atomic E-state index is 13.7. The third-order valence-electron chi connectivity index (χ3n) is 6.08. The van der Waals surface area contributed by atoms with Crippen LogP contribution in [0, 0.1) is 5.92 Å². The number of hydrogen-bond donors (Lipinski definition) is 1. The third-order valence-corrected chi connectivity index (χ3v) is 6.69. The quantitative estimate of drug-likeness (QED) is 0.456. The van der Waals surface area contributed by atoms with Crippen LogP contribution in [0.2, 0.25) is 10.0 Å². The molecule has 2 atom stereocenters. The summed E-state index contributed by atoms with van der Waals surface area (Å²) in [7, 11) is 0. The van der Waals surface area contributed by atoms with Gasteiger partial charge in [0.1, 0.15) is 11.5 Å². The summed E-state index contributed by atoms with van der Waals surface area (Å²) >= 11 is 12.5. The molecule has 0 radical (unpaired) electrons. The molecule has 0 aliphatic heterocycles. The maximum absolute atomic E-state index is 13.7. The maximum Gasteiger partial charge on any atom is 0.418 e. The standard InChI is InChI=1S/C25H29Cl2F3O2/c1-13-7-16(13)21-17(23(2,3)4)10-15(11-19(21)26)32-12-24(5,6)18-8-14(31)9-20(27)22(18)25(28,29)30/h8-11,13,16,31H,7,12H2,1-6H3. The minimum Gasteiger partial charge on any atom is -0.508 e. The molecule has 1 fully saturated rings. The fraction of sp³-hybridized carbons (Fsp3) is 0.520. The Morgan fingerprint density at radius 2 is 1.56 bits per heavy atom. The predicted molar refractivity (Wildman–Crippen MR) is 123 cm³/mol. The molecule has 32 heavy (non-hydrogen) atoms. The van der Waals surface area contributed by atoms with Crippen LogP contribution in [0.3, 0.4) is 0 Å². The summed E-state index contributed by atoms with van der Waals surface area (Å²) in [6, 6.07) is 5.69. The molecule has 1 aliphatic carbocycles. The second-order valence-electron chi connectivity index (χ2n) is 10.5. The second kappa shape index (κ2) is 8.32. The van der Waals surface area contributed by atoms with Gasteiger partial charge in [-0.25, -0.2) is 0 Å². The number of phenols is 1. The van der Waals surface area contributed by atoms with Gasteiger partial charge in [0.05, 0.1) is 17.2 Å². The van der Waals surface area contributed by atoms with Gasteiger partial charge in [-0.15, -0.1) is 0 Å². The first-order chi connectivity index (χ1) is 14.5. The summed E-state index contributed by atoms with van der Waals surface area (Å²) in [5.74, 6) is 1.18. The Labute approximate surface area is 197 Å². The van der Waals surface area contributed by atoms with E-state index in [1.165, 1.54) is 0 Å². The Bertz CT molecular complexity index is 1020. The minimum atomic E-state index is -4.66. The van der Waals surface area contributed by atoms with Crippen molar-refractivity contribution in [3.8, 4) is 11.5 Å². The van der Waals surface area contributed by atoms with Crippen molar-refractivity contribution in [2.75, 3.05) is 6.61 Å². The first-order valence-electron chi connectivity index (χ1n) is 10.6. The van der Waals surface area contributed by atoms with Gasteiger partial charge in [0.15, 0.2) is 0 Å². The lowest BCUT2D eigenvalue weighted by Gasteiger charge is -2.30. The van der Waals surface area contributed by atoms with E-state index >= 15 is 0 Å². The molecule has 1 N–H and O–H groups in total. The van der Waals surface area contributed by atoms with Crippen LogP contribution in [0.15, 0.2) is 24.3 Å². The van der Waals surface area contributed by atoms with Crippen LogP contribution >= 0.6 is 23.2 Å². The Kier molecular flexibility index (Phi) is 6.51. The van der Waals surface area contributed by atoms with Crippen molar-refractivity contribution >= 4 is 23.2 Å². The molecule has 2 nitrogen and oxygen atoms in total. The summed E-state index contributed by atoms with van der Waals surface area (Å²) in [6.45, 7) is 11.7. The number of alkyl halides is 3. The number of aromatic hydroxyl groups is 1. The van der Waals surface area contributed by atoms with Crippen molar-refractivity contribution in [3.05, 3.63) is 56.6 Å². The van der Waals surface area contributed by atoms with Gasteiger partial charge in [-0.3, -0.25) is 0 Å². The number of phenolic OH excluding ortho intramolecular Hbond substituents is 1. The summed E-state index contributed by atoms with van der Waals surface area (Å²) in [4.78, 5) is 0. The number of benzene rings is 2. The Hall–Kier alpha value is -1.59. The molecule has 1 aliphatic rings. The highest BCUT2D eigenvalue weighted by molar-refractivity contribution is 6.32. The van der Waals surface area contributed by atoms with Crippen LogP contribution in [0.4, 0.5) is 13.2 Å². The highest BCUT2D eigenvalue weighted by atomic mass is 35.5. The van der Waals surface area contributed by atoms with Crippen LogP contribution in [0.1, 0.15) is 76.1 Å². The predicted octanol–water partition coefficient (Wildman–Crippen LogP) is 8.50. The Morgan fingerprint density at radius 1 is 0.969 bits per heavy atom. The largest absolute Gasteiger partial charge is 0.508 e. The molecule has 0 aromatic heterocycles. The van der Waals surface area contributed by atoms with E-state index in [2.05, 4.69) is 27.7 Å². The molecule has 176 valence electrons. The summed E-state index contributed by atoms with van der Waals surface area (Å²) in [6.07, 6.45) is -3.57. The average Bonchev–Trinajstić information content (AvgIpc) is 3.33. The van der Waals surface area contributed by atoms with E-state index in [9.17, 15) is 18.3 Å². The molecular weight excluding hydrogens is 460 g/mol. The zero-order valence-corrected chi connectivity index (χ0v) is 20.6. The molecule has 0 heterocycles. The van der Waals surface area contributed by atoms with Gasteiger partial charge in [-0.05, 0) is 64.6 Å². The van der Waals surface area contributed by atoms with Gasteiger partial charge in [0, 0.05) is 10.4 Å². The molecule has 2 aromatic rings. The molecule has 2 aromatic carbocycles. The van der Waals surface area contributed by atoms with Crippen molar-refractivity contribution in [1.82, 2.24) is 0 Å². The molecule has 0 bridgehead atoms. The lowest BCUT2D eigenvalue weighted by Crippen LogP contribution is -2.30. The zero-order valence-electron chi connectivity index (χ0n) is 19.1. The van der Waals surface area contributed by atoms with Crippen LogP contribution in [-0.4, -0.2) is 11.7 Å². The Balaban J connectivity index is 1.96. The van der Waals surface area contributed by atoms with Crippen molar-refractivity contribution in [3.63, 3.8) is 0 Å². The molecule has 0 spiro atoms. The van der Waals surface area contributed by atoms with Crippen molar-refractivity contribution in [2.45, 2.75) is 70.9 Å². The number of rotatable bonds is 5. The summed E-state index contributed by atoms with van der Waals surface area (Å²) in [5, 5.41) is 9.98. The van der Waals surface area contributed by atoms with E-state index in [1.807, 2.05) is 6.07 Å². The number of ether oxygens (including phenoxy) is 1. The van der Waals surface area contributed by atoms with Gasteiger partial charge >= 0.3 is 6.18 Å². The first-order valence-corrected chi connectivity index (χ1v) is 11.3. The van der Waals surface area contributed by atoms with Crippen molar-refractivity contribution in [1.29, 1.82) is 0 Å². The summed E-state index contributed by atoms with van der Waals surface area (Å²) in [5.41, 5.74) is -0.123. The Morgan fingerprint density at radius 3 is 2.06 bits per heavy atom. The van der Waals surface area contributed by atoms with Crippen LogP contribution in [0.25, 0.3) is 0 Å². The number of hydrogen-bond acceptors (Lipinski definition) is 2. The smallest absolute Gasteiger partial charge is 0.418 e. The van der Waals surface area contributed by atoms with Gasteiger partial charge in [0.25, 0.3) is 0 Å². The van der Waals surface area contributed by atoms with Crippen molar-refractivity contribution < 1.29 is 23.0 Å². The molecule has 7 heteroatoms. The van der Waals surface area contributed by atoms with Crippen LogP contribution in [-0.2, 0) is 17.0 Å². The lowest BCUT2D eigenvalue weighted by atomic mass is 9.81. The molecule has 1 saturated carbocycles. The third kappa shape index (κ3) is 5.14. The fourth-order valence-corrected chi connectivity index (χ4v) is 4.82. The normalized spacial score (nSPS) is 19.2. The topological polar surface area (TPSA) is 29.5 Å². The fourth-order valence-electron chi connectivity index (χ4n) is 4.15. The van der Waals surface area contributed by atoms with E-state index in [-0.39, 0.29) is 23.3 Å². The van der Waals surface area contributed by atoms with Gasteiger partial charge in [-0.1, -0.05) is 64.7 Å². The molecule has 3 rings (SSSR count). The van der Waals surface area contributed by atoms with E-state index in [4.69, 9.17) is 27.9 Å². The van der Waals surface area contributed by atoms with Gasteiger partial charge in [-0.2, -0.15) is 13.2 Å². The monoisotopic (exact) mass is 488 g/mol. The van der Waals surface area contributed by atoms with Crippen molar-refractivity contribution in [2.24, 2.45) is 5.92 Å². The molecule has 0 amide bonds. The van der Waals surface area contributed by atoms with Gasteiger partial charge in [0.2, 0.25) is 0 Å². The number of halogens is 5. The zero-order chi connectivity index (χ0) is 24.2. The van der Waals surface area contributed by atoms with E-state index in [0.29, 0.717) is 22.6 Å². The molecule has 2 unspecified atom stereocenters. The highest BCUT2D eigenvalue weighted by Gasteiger charge is 2.41. The van der Waals surface area contributed by atoms with E-state index in [1.54, 1.807) is 19.9 Å². The first kappa shape index (κ1) is 25.0. The lowest BCUT2D eigenvalue weighted by molar-refractivity contribution is -0.138. The van der Waals surface area contributed by atoms with Crippen LogP contribution < -0.4 is 4.74 Å². The average molecular weight is 489 g/mol. The van der Waals surface area contributed by atoms with Crippen LogP contribution in [0.5, 0.6) is 11.5 Å². The summed E-state index contributed by atoms with van der Waals surface area (Å²) < 4.78 is 47.1. The van der Waals surface area contributed by atoms with Gasteiger partial charge < -0.3 is 9.84 Å². The molecular formula is C25H29Cl2F3O2. The highest BCUT2D eigenvalue weighted by Crippen LogP contribution is 2.53. The van der Waals surface area contributed by atoms with E-state index in [0.717, 1.165) is 29.7 Å². The molecule has 0 saturated heterocycles. The second-order valence-corrected chi connectivity index (χ2v) is 11.3. The minimum absolute atomic E-state index is 0.0606. The van der Waals surface area contributed by atoms with E-state index < -0.39 is 22.2 Å². The SMILES string of the molecule is CC1CC1c1c(Cl)cc(OCC(C)(C)c2cc(O)cc(Cl)c2C(F)(F)F)cc1C(C)(C)C.